The van der Waals surface area contributed by atoms with Crippen LogP contribution in [0.1, 0.15) is 57.4 Å². The predicted molar refractivity (Wildman–Crippen MR) is 133 cm³/mol. The Hall–Kier alpha value is -2.98. The van der Waals surface area contributed by atoms with E-state index in [4.69, 9.17) is 20.9 Å². The molecule has 1 aromatic rings. The molecule has 0 bridgehead atoms. The van der Waals surface area contributed by atoms with Crippen LogP contribution in [0.2, 0.25) is 0 Å². The molecule has 200 valence electrons. The number of ether oxygens (including phenoxy) is 2. The first-order valence-electron chi connectivity index (χ1n) is 12.5. The van der Waals surface area contributed by atoms with Gasteiger partial charge in [0.05, 0.1) is 0 Å². The molecule has 3 atom stereocenters. The summed E-state index contributed by atoms with van der Waals surface area (Å²) in [5, 5.41) is 12.0. The van der Waals surface area contributed by atoms with E-state index < -0.39 is 29.6 Å². The number of rotatable bonds is 15. The molecule has 1 amide bonds. The lowest BCUT2D eigenvalue weighted by Crippen LogP contribution is -2.46. The number of aliphatic carboxylic acids is 1. The molecular formula is C26H39N3O7. The Bertz CT molecular complexity index is 858. The van der Waals surface area contributed by atoms with E-state index in [2.05, 4.69) is 5.32 Å². The Kier molecular flexibility index (Phi) is 11.8. The highest BCUT2D eigenvalue weighted by Gasteiger charge is 2.41. The van der Waals surface area contributed by atoms with E-state index in [0.717, 1.165) is 18.4 Å². The summed E-state index contributed by atoms with van der Waals surface area (Å²) in [6, 6.07) is 8.29. The monoisotopic (exact) mass is 505 g/mol. The Labute approximate surface area is 212 Å². The SMILES string of the molecule is CC(CC(=O)C1CCC(CNC(=O)OCc2ccccc2)CC1)(OC=O)C(CCN)C[C@H](N)C(=O)O. The van der Waals surface area contributed by atoms with E-state index in [1.807, 2.05) is 30.3 Å². The minimum Gasteiger partial charge on any atom is -0.480 e. The van der Waals surface area contributed by atoms with Gasteiger partial charge in [0, 0.05) is 24.8 Å². The van der Waals surface area contributed by atoms with Crippen LogP contribution in [0.5, 0.6) is 0 Å². The van der Waals surface area contributed by atoms with E-state index in [9.17, 15) is 24.3 Å². The van der Waals surface area contributed by atoms with Crippen LogP contribution in [0.4, 0.5) is 4.79 Å². The van der Waals surface area contributed by atoms with Gasteiger partial charge in [0.2, 0.25) is 0 Å². The second-order valence-corrected chi connectivity index (χ2v) is 9.78. The van der Waals surface area contributed by atoms with Crippen molar-refractivity contribution in [1.82, 2.24) is 5.32 Å². The molecular weight excluding hydrogens is 466 g/mol. The third kappa shape index (κ3) is 9.23. The average molecular weight is 506 g/mol. The van der Waals surface area contributed by atoms with E-state index in [1.165, 1.54) is 0 Å². The summed E-state index contributed by atoms with van der Waals surface area (Å²) in [5.74, 6) is -1.60. The fourth-order valence-electron chi connectivity index (χ4n) is 4.85. The van der Waals surface area contributed by atoms with Crippen molar-refractivity contribution in [1.29, 1.82) is 0 Å². The summed E-state index contributed by atoms with van der Waals surface area (Å²) < 4.78 is 10.6. The van der Waals surface area contributed by atoms with Crippen molar-refractivity contribution >= 4 is 24.3 Å². The van der Waals surface area contributed by atoms with Crippen molar-refractivity contribution in [3.8, 4) is 0 Å². The first-order chi connectivity index (χ1) is 17.2. The van der Waals surface area contributed by atoms with Crippen molar-refractivity contribution in [2.75, 3.05) is 13.1 Å². The van der Waals surface area contributed by atoms with E-state index in [0.29, 0.717) is 32.3 Å². The normalized spacial score (nSPS) is 20.9. The van der Waals surface area contributed by atoms with Gasteiger partial charge < -0.3 is 31.4 Å². The number of Topliss-reactive ketones (excluding diaryl/α,β-unsaturated/α-hetero) is 1. The van der Waals surface area contributed by atoms with Gasteiger partial charge in [-0.05, 0) is 63.5 Å². The number of hydrogen-bond donors (Lipinski definition) is 4. The average Bonchev–Trinajstić information content (AvgIpc) is 2.86. The highest BCUT2D eigenvalue weighted by Crippen LogP contribution is 2.36. The molecule has 0 spiro atoms. The van der Waals surface area contributed by atoms with Gasteiger partial charge >= 0.3 is 12.1 Å². The second kappa shape index (κ2) is 14.5. The number of nitrogens with two attached hydrogens (primary N) is 2. The third-order valence-corrected chi connectivity index (χ3v) is 7.13. The number of alkyl carbamates (subject to hydrolysis) is 1. The fraction of sp³-hybridized carbons (Fsp3) is 0.615. The number of nitrogens with one attached hydrogen (secondary N) is 1. The van der Waals surface area contributed by atoms with E-state index >= 15 is 0 Å². The molecule has 36 heavy (non-hydrogen) atoms. The lowest BCUT2D eigenvalue weighted by atomic mass is 9.73. The summed E-state index contributed by atoms with van der Waals surface area (Å²) in [4.78, 5) is 47.6. The molecule has 0 radical (unpaired) electrons. The maximum absolute atomic E-state index is 13.1. The number of ketones is 1. The maximum Gasteiger partial charge on any atom is 0.407 e. The fourth-order valence-corrected chi connectivity index (χ4v) is 4.85. The minimum atomic E-state index is -1.19. The van der Waals surface area contributed by atoms with Crippen molar-refractivity contribution in [3.05, 3.63) is 35.9 Å². The Morgan fingerprint density at radius 2 is 1.86 bits per heavy atom. The number of hydrogen-bond acceptors (Lipinski definition) is 8. The van der Waals surface area contributed by atoms with Crippen LogP contribution >= 0.6 is 0 Å². The van der Waals surface area contributed by atoms with Crippen molar-refractivity contribution in [2.45, 2.75) is 70.1 Å². The number of carboxylic acids is 1. The molecule has 2 unspecified atom stereocenters. The highest BCUT2D eigenvalue weighted by atomic mass is 16.5. The smallest absolute Gasteiger partial charge is 0.407 e. The number of benzene rings is 1. The van der Waals surface area contributed by atoms with Gasteiger partial charge in [-0.3, -0.25) is 14.4 Å². The van der Waals surface area contributed by atoms with Crippen LogP contribution in [0.3, 0.4) is 0 Å². The van der Waals surface area contributed by atoms with Gasteiger partial charge in [-0.25, -0.2) is 4.79 Å². The molecule has 0 saturated heterocycles. The largest absolute Gasteiger partial charge is 0.480 e. The molecule has 1 aromatic carbocycles. The van der Waals surface area contributed by atoms with E-state index in [1.54, 1.807) is 6.92 Å². The lowest BCUT2D eigenvalue weighted by molar-refractivity contribution is -0.154. The molecule has 0 aromatic heterocycles. The molecule has 10 nitrogen and oxygen atoms in total. The first kappa shape index (κ1) is 29.3. The molecule has 0 aliphatic heterocycles. The summed E-state index contributed by atoms with van der Waals surface area (Å²) in [5.41, 5.74) is 11.1. The van der Waals surface area contributed by atoms with Crippen LogP contribution < -0.4 is 16.8 Å². The zero-order valence-corrected chi connectivity index (χ0v) is 20.9. The Balaban J connectivity index is 1.83. The molecule has 1 fully saturated rings. The summed E-state index contributed by atoms with van der Waals surface area (Å²) >= 11 is 0. The Morgan fingerprint density at radius 3 is 2.44 bits per heavy atom. The van der Waals surface area contributed by atoms with Crippen molar-refractivity contribution < 1.29 is 33.8 Å². The van der Waals surface area contributed by atoms with Crippen LogP contribution in [0.15, 0.2) is 30.3 Å². The number of carbonyl (C=O) groups is 4. The zero-order chi connectivity index (χ0) is 26.6. The first-order valence-corrected chi connectivity index (χ1v) is 12.5. The molecule has 1 aliphatic carbocycles. The minimum absolute atomic E-state index is 0.0257. The molecule has 10 heteroatoms. The maximum atomic E-state index is 13.1. The lowest BCUT2D eigenvalue weighted by Gasteiger charge is -2.38. The predicted octanol–water partition coefficient (Wildman–Crippen LogP) is 2.38. The van der Waals surface area contributed by atoms with E-state index in [-0.39, 0.29) is 43.6 Å². The van der Waals surface area contributed by atoms with Gasteiger partial charge in [-0.2, -0.15) is 0 Å². The zero-order valence-electron chi connectivity index (χ0n) is 20.9. The molecule has 2 rings (SSSR count). The molecule has 6 N–H and O–H groups in total. The van der Waals surface area contributed by atoms with Gasteiger partial charge in [-0.15, -0.1) is 0 Å². The van der Waals surface area contributed by atoms with Crippen molar-refractivity contribution in [2.24, 2.45) is 29.2 Å². The Morgan fingerprint density at radius 1 is 1.19 bits per heavy atom. The quantitative estimate of drug-likeness (QED) is 0.261. The topological polar surface area (TPSA) is 171 Å². The summed E-state index contributed by atoms with van der Waals surface area (Å²) in [6.45, 7) is 2.87. The highest BCUT2D eigenvalue weighted by molar-refractivity contribution is 5.82. The van der Waals surface area contributed by atoms with Gasteiger partial charge in [0.25, 0.3) is 6.47 Å². The van der Waals surface area contributed by atoms with Crippen LogP contribution in [-0.4, -0.2) is 54.2 Å². The molecule has 0 heterocycles. The molecule has 1 aliphatic rings. The van der Waals surface area contributed by atoms with Gasteiger partial charge in [0.1, 0.15) is 24.0 Å². The number of carboxylic acid groups (broad SMARTS) is 1. The summed E-state index contributed by atoms with van der Waals surface area (Å²) in [6.07, 6.45) is 2.80. The van der Waals surface area contributed by atoms with Gasteiger partial charge in [-0.1, -0.05) is 30.3 Å². The van der Waals surface area contributed by atoms with Gasteiger partial charge in [0.15, 0.2) is 0 Å². The van der Waals surface area contributed by atoms with Crippen molar-refractivity contribution in [3.63, 3.8) is 0 Å². The number of amides is 1. The third-order valence-electron chi connectivity index (χ3n) is 7.13. The second-order valence-electron chi connectivity index (χ2n) is 9.78. The number of carbonyl (C=O) groups excluding carboxylic acids is 3. The van der Waals surface area contributed by atoms with Crippen LogP contribution in [0.25, 0.3) is 0 Å². The summed E-state index contributed by atoms with van der Waals surface area (Å²) in [7, 11) is 0. The van der Waals surface area contributed by atoms with Crippen LogP contribution in [0, 0.1) is 17.8 Å². The molecule has 1 saturated carbocycles. The standard InChI is InChI=1S/C26H39N3O7/c1-26(36-17-30,21(11-12-27)13-22(28)24(32)33)14-23(31)20-9-7-18(8-10-20)15-29-25(34)35-16-19-5-3-2-4-6-19/h2-6,17-18,20-22H,7-16,27-28H2,1H3,(H,29,34)(H,32,33)/t18?,20?,21?,22-,26?/m0/s1. The van der Waals surface area contributed by atoms with Crippen LogP contribution in [-0.2, 0) is 30.5 Å².